The van der Waals surface area contributed by atoms with E-state index < -0.39 is 6.04 Å². The van der Waals surface area contributed by atoms with Gasteiger partial charge in [-0.15, -0.1) is 0 Å². The standard InChI is InChI=1S/C19H27N3O4/c23-9-7-21(8-10-24)18(25)13-17-19(26)20-5-6-22(17)16-11-14-3-1-2-4-15(14)12-16/h1-4,16-17,23-24H,5-13H2,(H,20,26)/t17-/m0/s1. The molecular formula is C19H27N3O4. The lowest BCUT2D eigenvalue weighted by atomic mass is 10.0. The maximum Gasteiger partial charge on any atom is 0.237 e. The quantitative estimate of drug-likeness (QED) is 0.589. The molecule has 0 radical (unpaired) electrons. The fourth-order valence-electron chi connectivity index (χ4n) is 4.05. The van der Waals surface area contributed by atoms with Crippen LogP contribution in [0.4, 0.5) is 0 Å². The summed E-state index contributed by atoms with van der Waals surface area (Å²) < 4.78 is 0. The molecule has 7 heteroatoms. The molecule has 0 unspecified atom stereocenters. The average Bonchev–Trinajstić information content (AvgIpc) is 3.07. The number of aliphatic hydroxyl groups is 2. The van der Waals surface area contributed by atoms with E-state index in [-0.39, 0.29) is 50.6 Å². The lowest BCUT2D eigenvalue weighted by Gasteiger charge is -2.39. The molecule has 142 valence electrons. The minimum atomic E-state index is -0.504. The van der Waals surface area contributed by atoms with E-state index in [1.807, 2.05) is 12.1 Å². The second-order valence-electron chi connectivity index (χ2n) is 6.91. The van der Waals surface area contributed by atoms with Crippen molar-refractivity contribution in [3.8, 4) is 0 Å². The van der Waals surface area contributed by atoms with Crippen LogP contribution >= 0.6 is 0 Å². The molecule has 26 heavy (non-hydrogen) atoms. The van der Waals surface area contributed by atoms with Crippen LogP contribution in [0.5, 0.6) is 0 Å². The summed E-state index contributed by atoms with van der Waals surface area (Å²) in [4.78, 5) is 28.7. The number of fused-ring (bicyclic) bond motifs is 1. The Morgan fingerprint density at radius 2 is 1.77 bits per heavy atom. The molecule has 1 saturated heterocycles. The van der Waals surface area contributed by atoms with Gasteiger partial charge in [0.2, 0.25) is 11.8 Å². The molecule has 1 aliphatic heterocycles. The maximum absolute atomic E-state index is 12.6. The predicted octanol–water partition coefficient (Wildman–Crippen LogP) is -0.842. The zero-order chi connectivity index (χ0) is 18.5. The summed E-state index contributed by atoms with van der Waals surface area (Å²) in [6, 6.07) is 8.04. The molecule has 2 aliphatic rings. The fourth-order valence-corrected chi connectivity index (χ4v) is 4.05. The van der Waals surface area contributed by atoms with E-state index >= 15 is 0 Å². The van der Waals surface area contributed by atoms with E-state index in [1.165, 1.54) is 16.0 Å². The Hall–Kier alpha value is -1.96. The Balaban J connectivity index is 1.71. The van der Waals surface area contributed by atoms with Gasteiger partial charge in [0.25, 0.3) is 0 Å². The molecule has 1 aromatic rings. The van der Waals surface area contributed by atoms with Crippen LogP contribution in [0, 0.1) is 0 Å². The molecule has 2 amide bonds. The Morgan fingerprint density at radius 1 is 1.15 bits per heavy atom. The van der Waals surface area contributed by atoms with Crippen molar-refractivity contribution in [2.75, 3.05) is 39.4 Å². The third kappa shape index (κ3) is 4.06. The van der Waals surface area contributed by atoms with Crippen molar-refractivity contribution in [2.24, 2.45) is 0 Å². The average molecular weight is 361 g/mol. The molecule has 1 atom stereocenters. The number of nitrogens with one attached hydrogen (secondary N) is 1. The molecule has 0 saturated carbocycles. The minimum Gasteiger partial charge on any atom is -0.395 e. The smallest absolute Gasteiger partial charge is 0.237 e. The van der Waals surface area contributed by atoms with Gasteiger partial charge in [0, 0.05) is 32.2 Å². The highest BCUT2D eigenvalue weighted by Crippen LogP contribution is 2.28. The van der Waals surface area contributed by atoms with Gasteiger partial charge in [-0.05, 0) is 24.0 Å². The Morgan fingerprint density at radius 3 is 2.35 bits per heavy atom. The van der Waals surface area contributed by atoms with Gasteiger partial charge in [0.15, 0.2) is 0 Å². The summed E-state index contributed by atoms with van der Waals surface area (Å²) in [6.45, 7) is 1.33. The highest BCUT2D eigenvalue weighted by atomic mass is 16.3. The fraction of sp³-hybridized carbons (Fsp3) is 0.579. The van der Waals surface area contributed by atoms with Crippen molar-refractivity contribution >= 4 is 11.8 Å². The summed E-state index contributed by atoms with van der Waals surface area (Å²) in [6.07, 6.45) is 1.86. The topological polar surface area (TPSA) is 93.1 Å². The second kappa shape index (κ2) is 8.62. The van der Waals surface area contributed by atoms with Gasteiger partial charge in [-0.25, -0.2) is 0 Å². The van der Waals surface area contributed by atoms with E-state index in [9.17, 15) is 9.59 Å². The SMILES string of the molecule is O=C1NCCN(C2Cc3ccccc3C2)[C@H]1CC(=O)N(CCO)CCO. The molecule has 3 rings (SSSR count). The normalized spacial score (nSPS) is 20.7. The highest BCUT2D eigenvalue weighted by Gasteiger charge is 2.38. The van der Waals surface area contributed by atoms with Gasteiger partial charge in [0.1, 0.15) is 0 Å². The first-order valence-corrected chi connectivity index (χ1v) is 9.23. The molecular weight excluding hydrogens is 334 g/mol. The predicted molar refractivity (Wildman–Crippen MR) is 96.5 cm³/mol. The van der Waals surface area contributed by atoms with Crippen LogP contribution in [0.1, 0.15) is 17.5 Å². The monoisotopic (exact) mass is 361 g/mol. The number of nitrogens with zero attached hydrogens (tertiary/aromatic N) is 2. The number of rotatable bonds is 7. The number of hydrogen-bond donors (Lipinski definition) is 3. The van der Waals surface area contributed by atoms with Crippen LogP contribution in [-0.4, -0.2) is 83.3 Å². The molecule has 0 aromatic heterocycles. The number of amides is 2. The molecule has 0 spiro atoms. The van der Waals surface area contributed by atoms with Crippen molar-refractivity contribution in [3.63, 3.8) is 0 Å². The highest BCUT2D eigenvalue weighted by molar-refractivity contribution is 5.89. The van der Waals surface area contributed by atoms with Crippen LogP contribution in [0.2, 0.25) is 0 Å². The molecule has 3 N–H and O–H groups in total. The zero-order valence-electron chi connectivity index (χ0n) is 14.9. The molecule has 0 bridgehead atoms. The summed E-state index contributed by atoms with van der Waals surface area (Å²) >= 11 is 0. The van der Waals surface area contributed by atoms with Crippen LogP contribution < -0.4 is 5.32 Å². The summed E-state index contributed by atoms with van der Waals surface area (Å²) in [7, 11) is 0. The van der Waals surface area contributed by atoms with E-state index in [4.69, 9.17) is 10.2 Å². The van der Waals surface area contributed by atoms with Gasteiger partial charge in [-0.3, -0.25) is 14.5 Å². The van der Waals surface area contributed by atoms with E-state index in [1.54, 1.807) is 0 Å². The van der Waals surface area contributed by atoms with Crippen molar-refractivity contribution in [3.05, 3.63) is 35.4 Å². The number of carbonyl (C=O) groups is 2. The Bertz CT molecular complexity index is 620. The zero-order valence-corrected chi connectivity index (χ0v) is 14.9. The van der Waals surface area contributed by atoms with E-state index in [2.05, 4.69) is 22.3 Å². The first kappa shape index (κ1) is 18.8. The van der Waals surface area contributed by atoms with Crippen molar-refractivity contribution < 1.29 is 19.8 Å². The van der Waals surface area contributed by atoms with Crippen molar-refractivity contribution in [1.29, 1.82) is 0 Å². The first-order chi connectivity index (χ1) is 12.6. The third-order valence-electron chi connectivity index (χ3n) is 5.33. The Labute approximate surface area is 153 Å². The van der Waals surface area contributed by atoms with Crippen LogP contribution in [0.15, 0.2) is 24.3 Å². The van der Waals surface area contributed by atoms with Gasteiger partial charge >= 0.3 is 0 Å². The van der Waals surface area contributed by atoms with E-state index in [0.717, 1.165) is 19.4 Å². The largest absolute Gasteiger partial charge is 0.395 e. The second-order valence-corrected chi connectivity index (χ2v) is 6.91. The molecule has 1 heterocycles. The van der Waals surface area contributed by atoms with Gasteiger partial charge in [-0.2, -0.15) is 0 Å². The van der Waals surface area contributed by atoms with Gasteiger partial charge in [-0.1, -0.05) is 24.3 Å². The summed E-state index contributed by atoms with van der Waals surface area (Å²) in [5.41, 5.74) is 2.63. The molecule has 1 fully saturated rings. The number of carbonyl (C=O) groups excluding carboxylic acids is 2. The maximum atomic E-state index is 12.6. The molecule has 1 aliphatic carbocycles. The molecule has 1 aromatic carbocycles. The number of hydrogen-bond acceptors (Lipinski definition) is 5. The van der Waals surface area contributed by atoms with Crippen molar-refractivity contribution in [1.82, 2.24) is 15.1 Å². The van der Waals surface area contributed by atoms with Gasteiger partial charge in [0.05, 0.1) is 25.7 Å². The molecule has 7 nitrogen and oxygen atoms in total. The van der Waals surface area contributed by atoms with Crippen LogP contribution in [0.25, 0.3) is 0 Å². The minimum absolute atomic E-state index is 0.0681. The lowest BCUT2D eigenvalue weighted by molar-refractivity contribution is -0.140. The number of benzene rings is 1. The Kier molecular flexibility index (Phi) is 6.24. The first-order valence-electron chi connectivity index (χ1n) is 9.23. The van der Waals surface area contributed by atoms with Crippen LogP contribution in [-0.2, 0) is 22.4 Å². The van der Waals surface area contributed by atoms with Crippen molar-refractivity contribution in [2.45, 2.75) is 31.3 Å². The summed E-state index contributed by atoms with van der Waals surface area (Å²) in [5, 5.41) is 21.1. The number of piperazine rings is 1. The lowest BCUT2D eigenvalue weighted by Crippen LogP contribution is -2.60. The van der Waals surface area contributed by atoms with Gasteiger partial charge < -0.3 is 20.4 Å². The van der Waals surface area contributed by atoms with E-state index in [0.29, 0.717) is 6.54 Å². The number of aliphatic hydroxyl groups excluding tert-OH is 2. The summed E-state index contributed by atoms with van der Waals surface area (Å²) in [5.74, 6) is -0.329. The van der Waals surface area contributed by atoms with Crippen LogP contribution in [0.3, 0.4) is 0 Å². The third-order valence-corrected chi connectivity index (χ3v) is 5.33.